The first-order chi connectivity index (χ1) is 7.91. The zero-order chi connectivity index (χ0) is 11.9. The summed E-state index contributed by atoms with van der Waals surface area (Å²) in [5.74, 6) is 6.09. The topological polar surface area (TPSA) is 29.5 Å². The van der Waals surface area contributed by atoms with E-state index in [0.717, 1.165) is 6.42 Å². The molecule has 0 aromatic heterocycles. The number of aliphatic hydroxyl groups excluding tert-OH is 1. The van der Waals surface area contributed by atoms with Gasteiger partial charge >= 0.3 is 0 Å². The van der Waals surface area contributed by atoms with Crippen molar-refractivity contribution >= 4 is 0 Å². The SMILES string of the molecule is CCCCCCCC#CCOC/C=C/CO. The number of rotatable bonds is 9. The summed E-state index contributed by atoms with van der Waals surface area (Å²) in [6, 6.07) is 0. The summed E-state index contributed by atoms with van der Waals surface area (Å²) < 4.78 is 5.21. The van der Waals surface area contributed by atoms with Gasteiger partial charge in [-0.25, -0.2) is 0 Å². The Hall–Kier alpha value is -0.780. The Morgan fingerprint density at radius 1 is 1.06 bits per heavy atom. The Kier molecular flexibility index (Phi) is 13.5. The second kappa shape index (κ2) is 14.2. The highest BCUT2D eigenvalue weighted by Crippen LogP contribution is 2.03. The van der Waals surface area contributed by atoms with Crippen molar-refractivity contribution < 1.29 is 9.84 Å². The van der Waals surface area contributed by atoms with Crippen LogP contribution in [-0.2, 0) is 4.74 Å². The monoisotopic (exact) mass is 224 g/mol. The molecule has 0 atom stereocenters. The third-order valence-electron chi connectivity index (χ3n) is 2.19. The van der Waals surface area contributed by atoms with Gasteiger partial charge < -0.3 is 9.84 Å². The number of aliphatic hydroxyl groups is 1. The van der Waals surface area contributed by atoms with Crippen molar-refractivity contribution in [2.45, 2.75) is 45.4 Å². The smallest absolute Gasteiger partial charge is 0.108 e. The zero-order valence-corrected chi connectivity index (χ0v) is 10.4. The molecule has 92 valence electrons. The van der Waals surface area contributed by atoms with E-state index in [4.69, 9.17) is 9.84 Å². The molecule has 0 fully saturated rings. The van der Waals surface area contributed by atoms with Crippen LogP contribution in [0.4, 0.5) is 0 Å². The predicted octanol–water partition coefficient (Wildman–Crippen LogP) is 2.92. The van der Waals surface area contributed by atoms with Crippen LogP contribution in [0.1, 0.15) is 45.4 Å². The van der Waals surface area contributed by atoms with Crippen LogP contribution in [0.2, 0.25) is 0 Å². The van der Waals surface area contributed by atoms with Gasteiger partial charge in [-0.15, -0.1) is 5.92 Å². The van der Waals surface area contributed by atoms with E-state index in [9.17, 15) is 0 Å². The standard InChI is InChI=1S/C14H24O2/c1-2-3-4-5-6-7-8-10-13-16-14-11-9-12-15/h9,11,15H,2-7,12-14H2,1H3/b11-9+. The van der Waals surface area contributed by atoms with Crippen LogP contribution >= 0.6 is 0 Å². The van der Waals surface area contributed by atoms with Crippen molar-refractivity contribution in [3.05, 3.63) is 12.2 Å². The van der Waals surface area contributed by atoms with E-state index in [-0.39, 0.29) is 6.61 Å². The highest BCUT2D eigenvalue weighted by molar-refractivity contribution is 4.99. The minimum atomic E-state index is 0.0762. The maximum Gasteiger partial charge on any atom is 0.108 e. The molecule has 1 N–H and O–H groups in total. The van der Waals surface area contributed by atoms with Crippen LogP contribution in [0.15, 0.2) is 12.2 Å². The first-order valence-electron chi connectivity index (χ1n) is 6.21. The van der Waals surface area contributed by atoms with Crippen LogP contribution < -0.4 is 0 Å². The van der Waals surface area contributed by atoms with Crippen molar-refractivity contribution in [2.24, 2.45) is 0 Å². The fraction of sp³-hybridized carbons (Fsp3) is 0.714. The lowest BCUT2D eigenvalue weighted by Crippen LogP contribution is -1.91. The molecule has 0 saturated carbocycles. The molecule has 0 spiro atoms. The van der Waals surface area contributed by atoms with Gasteiger partial charge in [0.25, 0.3) is 0 Å². The second-order valence-electron chi connectivity index (χ2n) is 3.69. The van der Waals surface area contributed by atoms with Gasteiger partial charge in [0.15, 0.2) is 0 Å². The lowest BCUT2D eigenvalue weighted by atomic mass is 10.1. The third kappa shape index (κ3) is 13.2. The molecule has 0 unspecified atom stereocenters. The average molecular weight is 224 g/mol. The summed E-state index contributed by atoms with van der Waals surface area (Å²) in [5, 5.41) is 8.46. The van der Waals surface area contributed by atoms with Crippen molar-refractivity contribution in [2.75, 3.05) is 19.8 Å². The summed E-state index contributed by atoms with van der Waals surface area (Å²) >= 11 is 0. The van der Waals surface area contributed by atoms with Gasteiger partial charge in [0, 0.05) is 6.42 Å². The minimum Gasteiger partial charge on any atom is -0.392 e. The fourth-order valence-corrected chi connectivity index (χ4v) is 1.28. The van der Waals surface area contributed by atoms with Gasteiger partial charge in [-0.3, -0.25) is 0 Å². The van der Waals surface area contributed by atoms with Crippen molar-refractivity contribution in [1.82, 2.24) is 0 Å². The van der Waals surface area contributed by atoms with E-state index < -0.39 is 0 Å². The normalized spacial score (nSPS) is 10.4. The van der Waals surface area contributed by atoms with Gasteiger partial charge in [0.05, 0.1) is 13.2 Å². The molecule has 0 heterocycles. The summed E-state index contributed by atoms with van der Waals surface area (Å²) in [4.78, 5) is 0. The Morgan fingerprint density at radius 2 is 1.88 bits per heavy atom. The number of unbranched alkanes of at least 4 members (excludes halogenated alkanes) is 5. The van der Waals surface area contributed by atoms with Crippen LogP contribution in [0, 0.1) is 11.8 Å². The lowest BCUT2D eigenvalue weighted by Gasteiger charge is -1.95. The van der Waals surface area contributed by atoms with Crippen LogP contribution in [0.3, 0.4) is 0 Å². The van der Waals surface area contributed by atoms with Gasteiger partial charge in [-0.2, -0.15) is 0 Å². The molecular formula is C14H24O2. The van der Waals surface area contributed by atoms with Gasteiger partial charge in [0.1, 0.15) is 6.61 Å². The molecule has 2 nitrogen and oxygen atoms in total. The predicted molar refractivity (Wildman–Crippen MR) is 68.2 cm³/mol. The maximum atomic E-state index is 8.46. The summed E-state index contributed by atoms with van der Waals surface area (Å²) in [5.41, 5.74) is 0. The summed E-state index contributed by atoms with van der Waals surface area (Å²) in [6.45, 7) is 3.33. The molecule has 0 aliphatic heterocycles. The third-order valence-corrected chi connectivity index (χ3v) is 2.19. The lowest BCUT2D eigenvalue weighted by molar-refractivity contribution is 0.198. The molecule has 16 heavy (non-hydrogen) atoms. The molecule has 0 aliphatic rings. The van der Waals surface area contributed by atoms with E-state index in [1.54, 1.807) is 12.2 Å². The number of hydrogen-bond donors (Lipinski definition) is 1. The van der Waals surface area contributed by atoms with Crippen molar-refractivity contribution in [1.29, 1.82) is 0 Å². The van der Waals surface area contributed by atoms with E-state index in [2.05, 4.69) is 18.8 Å². The molecule has 2 heteroatoms. The minimum absolute atomic E-state index is 0.0762. The fourth-order valence-electron chi connectivity index (χ4n) is 1.28. The second-order valence-corrected chi connectivity index (χ2v) is 3.69. The Morgan fingerprint density at radius 3 is 2.62 bits per heavy atom. The van der Waals surface area contributed by atoms with Gasteiger partial charge in [-0.05, 0) is 6.42 Å². The highest BCUT2D eigenvalue weighted by atomic mass is 16.5. The average Bonchev–Trinajstić information content (AvgIpc) is 2.31. The molecule has 0 radical (unpaired) electrons. The van der Waals surface area contributed by atoms with Crippen LogP contribution in [0.25, 0.3) is 0 Å². The molecular weight excluding hydrogens is 200 g/mol. The Labute approximate surface area is 99.7 Å². The molecule has 0 saturated heterocycles. The number of hydrogen-bond acceptors (Lipinski definition) is 2. The van der Waals surface area contributed by atoms with E-state index >= 15 is 0 Å². The van der Waals surface area contributed by atoms with E-state index in [0.29, 0.717) is 13.2 Å². The largest absolute Gasteiger partial charge is 0.392 e. The van der Waals surface area contributed by atoms with Gasteiger partial charge in [-0.1, -0.05) is 50.7 Å². The van der Waals surface area contributed by atoms with Crippen LogP contribution in [0.5, 0.6) is 0 Å². The quantitative estimate of drug-likeness (QED) is 0.371. The molecule has 0 aromatic carbocycles. The molecule has 0 rings (SSSR count). The highest BCUT2D eigenvalue weighted by Gasteiger charge is 1.85. The van der Waals surface area contributed by atoms with Crippen molar-refractivity contribution in [3.63, 3.8) is 0 Å². The molecule has 0 aromatic rings. The van der Waals surface area contributed by atoms with Crippen LogP contribution in [-0.4, -0.2) is 24.9 Å². The molecule has 0 aliphatic carbocycles. The first-order valence-corrected chi connectivity index (χ1v) is 6.21. The number of ether oxygens (including phenoxy) is 1. The zero-order valence-electron chi connectivity index (χ0n) is 10.4. The summed E-state index contributed by atoms with van der Waals surface area (Å²) in [6.07, 6.45) is 10.9. The molecule has 0 amide bonds. The first kappa shape index (κ1) is 15.2. The maximum absolute atomic E-state index is 8.46. The molecule has 0 bridgehead atoms. The van der Waals surface area contributed by atoms with Gasteiger partial charge in [0.2, 0.25) is 0 Å². The van der Waals surface area contributed by atoms with E-state index in [1.807, 2.05) is 0 Å². The summed E-state index contributed by atoms with van der Waals surface area (Å²) in [7, 11) is 0. The van der Waals surface area contributed by atoms with E-state index in [1.165, 1.54) is 32.1 Å². The van der Waals surface area contributed by atoms with Crippen molar-refractivity contribution in [3.8, 4) is 11.8 Å². The Balaban J connectivity index is 3.13. The Bertz CT molecular complexity index is 211.